The molecule has 0 heterocycles. The molecule has 0 amide bonds. The molecule has 0 fully saturated rings. The monoisotopic (exact) mass is 345 g/mol. The van der Waals surface area contributed by atoms with Gasteiger partial charge in [0.1, 0.15) is 0 Å². The molecule has 1 rings (SSSR count). The van der Waals surface area contributed by atoms with Crippen molar-refractivity contribution in [2.75, 3.05) is 18.0 Å². The lowest BCUT2D eigenvalue weighted by atomic mass is 10.1. The van der Waals surface area contributed by atoms with Gasteiger partial charge in [0.2, 0.25) is 0 Å². The van der Waals surface area contributed by atoms with Crippen LogP contribution in [0.25, 0.3) is 0 Å². The molecule has 1 aromatic rings. The van der Waals surface area contributed by atoms with Crippen LogP contribution in [-0.2, 0) is 0 Å². The van der Waals surface area contributed by atoms with E-state index in [9.17, 15) is 0 Å². The molecule has 0 atom stereocenters. The zero-order valence-electron chi connectivity index (χ0n) is 17.4. The van der Waals surface area contributed by atoms with E-state index in [0.29, 0.717) is 0 Å². The Labute approximate surface area is 158 Å². The first-order valence-corrected chi connectivity index (χ1v) is 11.1. The van der Waals surface area contributed by atoms with Crippen LogP contribution in [0.5, 0.6) is 0 Å². The fraction of sp³-hybridized carbons (Fsp3) is 0.750. The Morgan fingerprint density at radius 2 is 1.04 bits per heavy atom. The molecule has 144 valence electrons. The number of nitrogens with zero attached hydrogens (tertiary/aromatic N) is 1. The van der Waals surface area contributed by atoms with E-state index in [-0.39, 0.29) is 0 Å². The Morgan fingerprint density at radius 1 is 0.600 bits per heavy atom. The van der Waals surface area contributed by atoms with Crippen LogP contribution in [0, 0.1) is 6.92 Å². The molecule has 1 aromatic carbocycles. The molecule has 0 spiro atoms. The molecular weight excluding hydrogens is 302 g/mol. The summed E-state index contributed by atoms with van der Waals surface area (Å²) in [6, 6.07) is 8.92. The minimum Gasteiger partial charge on any atom is -0.371 e. The van der Waals surface area contributed by atoms with Crippen LogP contribution in [-0.4, -0.2) is 13.1 Å². The second-order valence-corrected chi connectivity index (χ2v) is 7.66. The van der Waals surface area contributed by atoms with Crippen LogP contribution in [0.4, 0.5) is 5.69 Å². The van der Waals surface area contributed by atoms with Crippen molar-refractivity contribution in [3.63, 3.8) is 0 Å². The van der Waals surface area contributed by atoms with Crippen molar-refractivity contribution in [2.24, 2.45) is 0 Å². The van der Waals surface area contributed by atoms with Gasteiger partial charge in [-0.05, 0) is 31.4 Å². The highest BCUT2D eigenvalue weighted by Gasteiger charge is 2.08. The molecule has 0 N–H and O–H groups in total. The van der Waals surface area contributed by atoms with E-state index in [2.05, 4.69) is 49.9 Å². The summed E-state index contributed by atoms with van der Waals surface area (Å²) in [5, 5.41) is 0. The average Bonchev–Trinajstić information content (AvgIpc) is 2.62. The number of hydrogen-bond donors (Lipinski definition) is 0. The Balaban J connectivity index is 2.32. The van der Waals surface area contributed by atoms with E-state index in [1.54, 1.807) is 0 Å². The van der Waals surface area contributed by atoms with Gasteiger partial charge in [-0.25, -0.2) is 0 Å². The van der Waals surface area contributed by atoms with Gasteiger partial charge in [-0.1, -0.05) is 103 Å². The molecular formula is C24H43N. The maximum atomic E-state index is 2.65. The standard InChI is InChI=1S/C24H43N/c1-4-6-8-10-11-12-14-18-22-25(21-17-13-9-7-5-2)24-20-16-15-19-23(24)3/h15-16,19-20H,4-14,17-18,21-22H2,1-3H3. The van der Waals surface area contributed by atoms with Crippen molar-refractivity contribution in [1.82, 2.24) is 0 Å². The van der Waals surface area contributed by atoms with E-state index in [1.165, 1.54) is 108 Å². The van der Waals surface area contributed by atoms with Crippen molar-refractivity contribution in [2.45, 2.75) is 104 Å². The van der Waals surface area contributed by atoms with Crippen LogP contribution >= 0.6 is 0 Å². The predicted octanol–water partition coefficient (Wildman–Crippen LogP) is 7.91. The van der Waals surface area contributed by atoms with Crippen molar-refractivity contribution >= 4 is 5.69 Å². The molecule has 1 heteroatoms. The highest BCUT2D eigenvalue weighted by atomic mass is 15.1. The van der Waals surface area contributed by atoms with Gasteiger partial charge in [0.15, 0.2) is 0 Å². The zero-order valence-corrected chi connectivity index (χ0v) is 17.4. The van der Waals surface area contributed by atoms with Gasteiger partial charge in [0.05, 0.1) is 0 Å². The SMILES string of the molecule is CCCCCCCCCCN(CCCCCCC)c1ccccc1C. The lowest BCUT2D eigenvalue weighted by Gasteiger charge is -2.26. The van der Waals surface area contributed by atoms with E-state index < -0.39 is 0 Å². The first kappa shape index (κ1) is 22.1. The smallest absolute Gasteiger partial charge is 0.0395 e. The van der Waals surface area contributed by atoms with Gasteiger partial charge in [-0.3, -0.25) is 0 Å². The van der Waals surface area contributed by atoms with Crippen LogP contribution in [0.3, 0.4) is 0 Å². The van der Waals surface area contributed by atoms with Gasteiger partial charge in [-0.2, -0.15) is 0 Å². The number of unbranched alkanes of at least 4 members (excludes halogenated alkanes) is 11. The summed E-state index contributed by atoms with van der Waals surface area (Å²) in [5.41, 5.74) is 2.89. The molecule has 0 aliphatic carbocycles. The zero-order chi connectivity index (χ0) is 18.2. The largest absolute Gasteiger partial charge is 0.371 e. The fourth-order valence-electron chi connectivity index (χ4n) is 3.61. The van der Waals surface area contributed by atoms with E-state index in [0.717, 1.165) is 0 Å². The second-order valence-electron chi connectivity index (χ2n) is 7.66. The van der Waals surface area contributed by atoms with Gasteiger partial charge in [0.25, 0.3) is 0 Å². The summed E-state index contributed by atoms with van der Waals surface area (Å²) in [7, 11) is 0. The summed E-state index contributed by atoms with van der Waals surface area (Å²) in [4.78, 5) is 2.65. The van der Waals surface area contributed by atoms with Crippen LogP contribution < -0.4 is 4.90 Å². The van der Waals surface area contributed by atoms with E-state index in [4.69, 9.17) is 0 Å². The molecule has 0 bridgehead atoms. The maximum absolute atomic E-state index is 2.65. The average molecular weight is 346 g/mol. The molecule has 0 aromatic heterocycles. The molecule has 0 radical (unpaired) electrons. The Bertz CT molecular complexity index is 412. The minimum atomic E-state index is 1.23. The first-order valence-electron chi connectivity index (χ1n) is 11.1. The number of para-hydroxylation sites is 1. The lowest BCUT2D eigenvalue weighted by molar-refractivity contribution is 0.563. The van der Waals surface area contributed by atoms with E-state index >= 15 is 0 Å². The quantitative estimate of drug-likeness (QED) is 0.275. The molecule has 0 aliphatic rings. The Hall–Kier alpha value is -0.980. The molecule has 1 nitrogen and oxygen atoms in total. The number of anilines is 1. The summed E-state index contributed by atoms with van der Waals surface area (Å²) in [6.07, 6.45) is 18.1. The maximum Gasteiger partial charge on any atom is 0.0395 e. The summed E-state index contributed by atoms with van der Waals surface area (Å²) in [6.45, 7) is 9.30. The highest BCUT2D eigenvalue weighted by Crippen LogP contribution is 2.21. The third-order valence-corrected chi connectivity index (χ3v) is 5.27. The highest BCUT2D eigenvalue weighted by molar-refractivity contribution is 5.52. The summed E-state index contributed by atoms with van der Waals surface area (Å²) < 4.78 is 0. The van der Waals surface area contributed by atoms with Crippen molar-refractivity contribution in [3.05, 3.63) is 29.8 Å². The van der Waals surface area contributed by atoms with Crippen molar-refractivity contribution in [3.8, 4) is 0 Å². The fourth-order valence-corrected chi connectivity index (χ4v) is 3.61. The third-order valence-electron chi connectivity index (χ3n) is 5.27. The van der Waals surface area contributed by atoms with E-state index in [1.807, 2.05) is 0 Å². The Morgan fingerprint density at radius 3 is 1.52 bits per heavy atom. The summed E-state index contributed by atoms with van der Waals surface area (Å²) >= 11 is 0. The Kier molecular flexibility index (Phi) is 13.5. The van der Waals surface area contributed by atoms with Crippen LogP contribution in [0.2, 0.25) is 0 Å². The normalized spacial score (nSPS) is 11.0. The number of hydrogen-bond acceptors (Lipinski definition) is 1. The third kappa shape index (κ3) is 10.6. The molecule has 0 saturated carbocycles. The van der Waals surface area contributed by atoms with Gasteiger partial charge < -0.3 is 4.90 Å². The van der Waals surface area contributed by atoms with Gasteiger partial charge >= 0.3 is 0 Å². The van der Waals surface area contributed by atoms with Gasteiger partial charge in [0, 0.05) is 18.8 Å². The second kappa shape index (κ2) is 15.3. The minimum absolute atomic E-state index is 1.23. The van der Waals surface area contributed by atoms with Crippen LogP contribution in [0.15, 0.2) is 24.3 Å². The predicted molar refractivity (Wildman–Crippen MR) is 115 cm³/mol. The first-order chi connectivity index (χ1) is 12.3. The number of aryl methyl sites for hydroxylation is 1. The van der Waals surface area contributed by atoms with Crippen LogP contribution in [0.1, 0.15) is 103 Å². The van der Waals surface area contributed by atoms with Crippen molar-refractivity contribution in [1.29, 1.82) is 0 Å². The molecule has 0 aliphatic heterocycles. The topological polar surface area (TPSA) is 3.24 Å². The number of benzene rings is 1. The molecule has 25 heavy (non-hydrogen) atoms. The van der Waals surface area contributed by atoms with Crippen molar-refractivity contribution < 1.29 is 0 Å². The van der Waals surface area contributed by atoms with Gasteiger partial charge in [-0.15, -0.1) is 0 Å². The lowest BCUT2D eigenvalue weighted by Crippen LogP contribution is -2.26. The molecule has 0 unspecified atom stereocenters. The number of rotatable bonds is 16. The molecule has 0 saturated heterocycles. The summed E-state index contributed by atoms with van der Waals surface area (Å²) in [5.74, 6) is 0.